The van der Waals surface area contributed by atoms with Gasteiger partial charge in [0.05, 0.1) is 0 Å². The molecule has 0 radical (unpaired) electrons. The van der Waals surface area contributed by atoms with Gasteiger partial charge in [-0.1, -0.05) is 32.0 Å². The zero-order valence-corrected chi connectivity index (χ0v) is 15.2. The van der Waals surface area contributed by atoms with Crippen molar-refractivity contribution in [3.05, 3.63) is 47.4 Å². The third-order valence-corrected chi connectivity index (χ3v) is 4.51. The number of benzene rings is 1. The number of urea groups is 1. The van der Waals surface area contributed by atoms with E-state index in [0.717, 1.165) is 17.1 Å². The van der Waals surface area contributed by atoms with E-state index < -0.39 is 0 Å². The largest absolute Gasteiger partial charge is 0.353 e. The first-order valence-electron chi connectivity index (χ1n) is 8.43. The van der Waals surface area contributed by atoms with E-state index >= 15 is 0 Å². The Morgan fingerprint density at radius 1 is 1.16 bits per heavy atom. The second-order valence-corrected chi connectivity index (χ2v) is 6.67. The quantitative estimate of drug-likeness (QED) is 0.850. The van der Waals surface area contributed by atoms with Gasteiger partial charge < -0.3 is 15.1 Å². The molecule has 6 nitrogen and oxygen atoms in total. The van der Waals surface area contributed by atoms with Crippen molar-refractivity contribution in [3.63, 3.8) is 0 Å². The summed E-state index contributed by atoms with van der Waals surface area (Å²) < 4.78 is 0. The number of nitrogens with one attached hydrogen (secondary N) is 1. The number of carbonyl (C=O) groups excluding carboxylic acids is 1. The zero-order valence-electron chi connectivity index (χ0n) is 14.4. The molecule has 3 rings (SSSR count). The summed E-state index contributed by atoms with van der Waals surface area (Å²) >= 11 is 5.85. The van der Waals surface area contributed by atoms with Gasteiger partial charge >= 0.3 is 6.03 Å². The molecule has 7 heteroatoms. The summed E-state index contributed by atoms with van der Waals surface area (Å²) in [6, 6.07) is 9.72. The lowest BCUT2D eigenvalue weighted by atomic mass is 10.0. The lowest BCUT2D eigenvalue weighted by Crippen LogP contribution is -2.50. The highest BCUT2D eigenvalue weighted by atomic mass is 35.5. The van der Waals surface area contributed by atoms with Gasteiger partial charge in [-0.05, 0) is 35.2 Å². The third-order valence-electron chi connectivity index (χ3n) is 4.33. The Labute approximate surface area is 152 Å². The molecule has 132 valence electrons. The molecule has 2 aromatic rings. The van der Waals surface area contributed by atoms with Gasteiger partial charge in [-0.25, -0.2) is 14.8 Å². The van der Waals surface area contributed by atoms with E-state index in [1.165, 1.54) is 0 Å². The molecule has 0 saturated carbocycles. The molecule has 0 unspecified atom stereocenters. The van der Waals surface area contributed by atoms with E-state index in [4.69, 9.17) is 11.6 Å². The van der Waals surface area contributed by atoms with Gasteiger partial charge in [-0.2, -0.15) is 0 Å². The lowest BCUT2D eigenvalue weighted by Gasteiger charge is -2.35. The summed E-state index contributed by atoms with van der Waals surface area (Å²) in [5.41, 5.74) is 2.03. The van der Waals surface area contributed by atoms with Crippen LogP contribution in [-0.2, 0) is 0 Å². The smallest absolute Gasteiger partial charge is 0.321 e. The van der Waals surface area contributed by atoms with Gasteiger partial charge in [0, 0.05) is 38.1 Å². The number of aromatic nitrogens is 2. The summed E-state index contributed by atoms with van der Waals surface area (Å²) in [6.07, 6.45) is 1.65. The highest BCUT2D eigenvalue weighted by Crippen LogP contribution is 2.24. The van der Waals surface area contributed by atoms with Crippen molar-refractivity contribution in [3.8, 4) is 0 Å². The minimum Gasteiger partial charge on any atom is -0.353 e. The summed E-state index contributed by atoms with van der Waals surface area (Å²) in [7, 11) is 0. The fourth-order valence-corrected chi connectivity index (χ4v) is 3.09. The van der Waals surface area contributed by atoms with Gasteiger partial charge in [0.25, 0.3) is 0 Å². The molecule has 0 atom stereocenters. The molecule has 1 aromatic carbocycles. The number of piperazine rings is 1. The van der Waals surface area contributed by atoms with Crippen molar-refractivity contribution in [2.24, 2.45) is 0 Å². The molecule has 1 aromatic heterocycles. The Kier molecular flexibility index (Phi) is 5.38. The minimum atomic E-state index is -0.0616. The molecule has 25 heavy (non-hydrogen) atoms. The molecule has 1 fully saturated rings. The Balaban J connectivity index is 1.61. The Hall–Kier alpha value is -2.34. The molecule has 1 aliphatic rings. The van der Waals surface area contributed by atoms with E-state index in [-0.39, 0.29) is 11.3 Å². The molecule has 1 aliphatic heterocycles. The Bertz CT molecular complexity index is 744. The summed E-state index contributed by atoms with van der Waals surface area (Å²) in [6.45, 7) is 6.95. The van der Waals surface area contributed by atoms with E-state index in [2.05, 4.69) is 40.1 Å². The average molecular weight is 360 g/mol. The maximum Gasteiger partial charge on any atom is 0.321 e. The summed E-state index contributed by atoms with van der Waals surface area (Å²) in [4.78, 5) is 24.7. The maximum absolute atomic E-state index is 12.6. The van der Waals surface area contributed by atoms with Gasteiger partial charge in [0.15, 0.2) is 0 Å². The van der Waals surface area contributed by atoms with Crippen LogP contribution in [0, 0.1) is 0 Å². The van der Waals surface area contributed by atoms with Crippen LogP contribution in [0.2, 0.25) is 5.28 Å². The van der Waals surface area contributed by atoms with Gasteiger partial charge in [0.2, 0.25) is 5.28 Å². The number of hydrogen-bond acceptors (Lipinski definition) is 4. The van der Waals surface area contributed by atoms with Gasteiger partial charge in [-0.15, -0.1) is 0 Å². The maximum atomic E-state index is 12.6. The van der Waals surface area contributed by atoms with Crippen molar-refractivity contribution in [1.82, 2.24) is 14.9 Å². The first kappa shape index (κ1) is 17.5. The SMILES string of the molecule is CC(C)c1ccccc1NC(=O)N1CCN(c2ccnc(Cl)n2)CC1. The molecule has 2 heterocycles. The van der Waals surface area contributed by atoms with Crippen LogP contribution >= 0.6 is 11.6 Å². The standard InChI is InChI=1S/C18H22ClN5O/c1-13(2)14-5-3-4-6-15(14)21-18(25)24-11-9-23(10-12-24)16-7-8-20-17(19)22-16/h3-8,13H,9-12H2,1-2H3,(H,21,25). The Morgan fingerprint density at radius 3 is 2.56 bits per heavy atom. The van der Waals surface area contributed by atoms with Crippen LogP contribution < -0.4 is 10.2 Å². The highest BCUT2D eigenvalue weighted by molar-refractivity contribution is 6.28. The van der Waals surface area contributed by atoms with Gasteiger partial charge in [0.1, 0.15) is 5.82 Å². The molecule has 1 saturated heterocycles. The minimum absolute atomic E-state index is 0.0616. The van der Waals surface area contributed by atoms with Crippen molar-refractivity contribution in [2.75, 3.05) is 36.4 Å². The molecule has 0 aliphatic carbocycles. The number of anilines is 2. The second-order valence-electron chi connectivity index (χ2n) is 6.33. The number of amides is 2. The number of hydrogen-bond donors (Lipinski definition) is 1. The fraction of sp³-hybridized carbons (Fsp3) is 0.389. The van der Waals surface area contributed by atoms with E-state index in [0.29, 0.717) is 32.1 Å². The first-order valence-corrected chi connectivity index (χ1v) is 8.80. The third kappa shape index (κ3) is 4.20. The molecular weight excluding hydrogens is 338 g/mol. The first-order chi connectivity index (χ1) is 12.0. The van der Waals surface area contributed by atoms with E-state index in [1.807, 2.05) is 29.2 Å². The van der Waals surface area contributed by atoms with Crippen molar-refractivity contribution < 1.29 is 4.79 Å². The van der Waals surface area contributed by atoms with E-state index in [9.17, 15) is 4.79 Å². The normalized spacial score (nSPS) is 14.7. The number of carbonyl (C=O) groups is 1. The second kappa shape index (κ2) is 7.70. The van der Waals surface area contributed by atoms with Crippen LogP contribution in [0.4, 0.5) is 16.3 Å². The van der Waals surface area contributed by atoms with Crippen LogP contribution in [0.25, 0.3) is 0 Å². The van der Waals surface area contributed by atoms with Crippen LogP contribution in [0.1, 0.15) is 25.3 Å². The lowest BCUT2D eigenvalue weighted by molar-refractivity contribution is 0.208. The molecular formula is C18H22ClN5O. The van der Waals surface area contributed by atoms with Crippen molar-refractivity contribution in [2.45, 2.75) is 19.8 Å². The predicted octanol–water partition coefficient (Wildman–Crippen LogP) is 3.61. The van der Waals surface area contributed by atoms with Crippen molar-refractivity contribution >= 4 is 29.1 Å². The van der Waals surface area contributed by atoms with Crippen LogP contribution in [-0.4, -0.2) is 47.1 Å². The topological polar surface area (TPSA) is 61.4 Å². The van der Waals surface area contributed by atoms with Crippen LogP contribution in [0.15, 0.2) is 36.5 Å². The Morgan fingerprint density at radius 2 is 1.88 bits per heavy atom. The fourth-order valence-electron chi connectivity index (χ4n) is 2.95. The molecule has 1 N–H and O–H groups in total. The van der Waals surface area contributed by atoms with Crippen LogP contribution in [0.3, 0.4) is 0 Å². The highest BCUT2D eigenvalue weighted by Gasteiger charge is 2.22. The summed E-state index contributed by atoms with van der Waals surface area (Å²) in [5.74, 6) is 1.15. The monoisotopic (exact) mass is 359 g/mol. The van der Waals surface area contributed by atoms with Crippen LogP contribution in [0.5, 0.6) is 0 Å². The number of para-hydroxylation sites is 1. The van der Waals surface area contributed by atoms with Gasteiger partial charge in [-0.3, -0.25) is 0 Å². The predicted molar refractivity (Wildman–Crippen MR) is 100 cm³/mol. The zero-order chi connectivity index (χ0) is 17.8. The molecule has 0 spiro atoms. The molecule has 2 amide bonds. The van der Waals surface area contributed by atoms with Crippen molar-refractivity contribution in [1.29, 1.82) is 0 Å². The average Bonchev–Trinajstić information content (AvgIpc) is 2.62. The number of rotatable bonds is 3. The summed E-state index contributed by atoms with van der Waals surface area (Å²) in [5, 5.41) is 3.29. The van der Waals surface area contributed by atoms with E-state index in [1.54, 1.807) is 6.20 Å². The number of halogens is 1. The number of nitrogens with zero attached hydrogens (tertiary/aromatic N) is 4. The molecule has 0 bridgehead atoms.